The van der Waals surface area contributed by atoms with E-state index in [0.29, 0.717) is 31.9 Å². The van der Waals surface area contributed by atoms with Crippen molar-refractivity contribution in [2.24, 2.45) is 0 Å². The average Bonchev–Trinajstić information content (AvgIpc) is 2.54. The normalized spacial score (nSPS) is 12.8. The maximum absolute atomic E-state index is 12.4. The Hall–Kier alpha value is -1.64. The van der Waals surface area contributed by atoms with Gasteiger partial charge in [0, 0.05) is 31.5 Å². The molecule has 0 radical (unpaired) electrons. The number of anilines is 1. The highest BCUT2D eigenvalue weighted by atomic mass is 32.2. The zero-order valence-corrected chi connectivity index (χ0v) is 15.9. The van der Waals surface area contributed by atoms with E-state index in [-0.39, 0.29) is 16.5 Å². The first-order valence-corrected chi connectivity index (χ1v) is 10.0. The fourth-order valence-electron chi connectivity index (χ4n) is 2.39. The molecular weight excluding hydrogens is 344 g/mol. The number of aromatic carboxylic acids is 1. The van der Waals surface area contributed by atoms with Crippen LogP contribution in [0.2, 0.25) is 0 Å². The van der Waals surface area contributed by atoms with Crippen LogP contribution in [-0.4, -0.2) is 45.3 Å². The first kappa shape index (κ1) is 21.4. The number of benzene rings is 1. The van der Waals surface area contributed by atoms with Crippen LogP contribution in [0.5, 0.6) is 0 Å². The van der Waals surface area contributed by atoms with E-state index in [4.69, 9.17) is 4.74 Å². The predicted molar refractivity (Wildman–Crippen MR) is 97.7 cm³/mol. The highest BCUT2D eigenvalue weighted by Gasteiger charge is 2.20. The molecule has 0 aliphatic heterocycles. The lowest BCUT2D eigenvalue weighted by molar-refractivity contribution is 0.0697. The van der Waals surface area contributed by atoms with E-state index < -0.39 is 16.0 Å². The molecule has 0 saturated carbocycles. The third-order valence-corrected chi connectivity index (χ3v) is 5.18. The van der Waals surface area contributed by atoms with E-state index in [1.807, 2.05) is 13.8 Å². The summed E-state index contributed by atoms with van der Waals surface area (Å²) < 4.78 is 32.6. The number of rotatable bonds is 12. The van der Waals surface area contributed by atoms with Crippen LogP contribution in [0.3, 0.4) is 0 Å². The lowest BCUT2D eigenvalue weighted by Gasteiger charge is -2.15. The number of nitrogens with one attached hydrogen (secondary N) is 2. The monoisotopic (exact) mass is 372 g/mol. The van der Waals surface area contributed by atoms with Crippen LogP contribution >= 0.6 is 0 Å². The van der Waals surface area contributed by atoms with Crippen LogP contribution in [0.25, 0.3) is 0 Å². The van der Waals surface area contributed by atoms with Gasteiger partial charge in [0.25, 0.3) is 0 Å². The van der Waals surface area contributed by atoms with Crippen molar-refractivity contribution in [2.45, 2.75) is 51.0 Å². The van der Waals surface area contributed by atoms with Crippen molar-refractivity contribution in [1.82, 2.24) is 4.72 Å². The second-order valence-electron chi connectivity index (χ2n) is 5.80. The van der Waals surface area contributed by atoms with Crippen LogP contribution in [0, 0.1) is 0 Å². The lowest BCUT2D eigenvalue weighted by atomic mass is 10.2. The van der Waals surface area contributed by atoms with Crippen LogP contribution in [-0.2, 0) is 14.8 Å². The van der Waals surface area contributed by atoms with E-state index in [1.54, 1.807) is 6.92 Å². The Morgan fingerprint density at radius 1 is 1.32 bits per heavy atom. The number of carbonyl (C=O) groups is 1. The Bertz CT molecular complexity index is 661. The summed E-state index contributed by atoms with van der Waals surface area (Å²) in [5.41, 5.74) is 0.326. The molecule has 8 heteroatoms. The zero-order chi connectivity index (χ0) is 18.9. The molecule has 0 heterocycles. The van der Waals surface area contributed by atoms with E-state index in [1.165, 1.54) is 18.2 Å². The van der Waals surface area contributed by atoms with Gasteiger partial charge in [0.2, 0.25) is 10.0 Å². The number of sulfonamides is 1. The maximum Gasteiger partial charge on any atom is 0.337 e. The van der Waals surface area contributed by atoms with Gasteiger partial charge in [-0.25, -0.2) is 17.9 Å². The smallest absolute Gasteiger partial charge is 0.337 e. The summed E-state index contributed by atoms with van der Waals surface area (Å²) >= 11 is 0. The molecule has 0 aliphatic rings. The summed E-state index contributed by atoms with van der Waals surface area (Å²) in [4.78, 5) is 11.4. The molecule has 0 bridgehead atoms. The Kier molecular flexibility index (Phi) is 8.88. The van der Waals surface area contributed by atoms with Crippen LogP contribution in [0.15, 0.2) is 23.1 Å². The van der Waals surface area contributed by atoms with Gasteiger partial charge in [-0.1, -0.05) is 13.3 Å². The molecule has 0 amide bonds. The second-order valence-corrected chi connectivity index (χ2v) is 7.51. The number of carboxylic acid groups (broad SMARTS) is 1. The van der Waals surface area contributed by atoms with Crippen molar-refractivity contribution in [2.75, 3.05) is 25.1 Å². The molecule has 1 aromatic carbocycles. The Morgan fingerprint density at radius 3 is 2.64 bits per heavy atom. The van der Waals surface area contributed by atoms with E-state index >= 15 is 0 Å². The van der Waals surface area contributed by atoms with E-state index in [9.17, 15) is 18.3 Å². The van der Waals surface area contributed by atoms with Crippen molar-refractivity contribution < 1.29 is 23.1 Å². The molecule has 0 fully saturated rings. The summed E-state index contributed by atoms with van der Waals surface area (Å²) in [5.74, 6) is -1.18. The molecule has 7 nitrogen and oxygen atoms in total. The minimum absolute atomic E-state index is 0.0484. The molecule has 25 heavy (non-hydrogen) atoms. The molecule has 1 atom stereocenters. The number of hydrogen-bond acceptors (Lipinski definition) is 5. The summed E-state index contributed by atoms with van der Waals surface area (Å²) in [6.45, 7) is 7.42. The Labute approximate surface area is 149 Å². The third kappa shape index (κ3) is 7.01. The second kappa shape index (κ2) is 10.4. The van der Waals surface area contributed by atoms with Gasteiger partial charge in [-0.3, -0.25) is 0 Å². The Balaban J connectivity index is 2.91. The molecule has 142 valence electrons. The summed E-state index contributed by atoms with van der Waals surface area (Å²) in [7, 11) is -3.75. The standard InChI is InChI=1S/C17H28N2O5S/c1-4-7-13(3)19-25(22,23)14-8-9-16(15(12-14)17(20)21)18-10-6-11-24-5-2/h8-9,12-13,18-19H,4-7,10-11H2,1-3H3,(H,20,21)/t13-/m1/s1. The van der Waals surface area contributed by atoms with Crippen LogP contribution in [0.1, 0.15) is 50.4 Å². The predicted octanol–water partition coefficient (Wildman–Crippen LogP) is 2.69. The summed E-state index contributed by atoms with van der Waals surface area (Å²) in [6, 6.07) is 3.88. The lowest BCUT2D eigenvalue weighted by Crippen LogP contribution is -2.32. The minimum Gasteiger partial charge on any atom is -0.478 e. The van der Waals surface area contributed by atoms with Crippen LogP contribution in [0.4, 0.5) is 5.69 Å². The van der Waals surface area contributed by atoms with Gasteiger partial charge in [0.05, 0.1) is 10.5 Å². The maximum atomic E-state index is 12.4. The third-order valence-electron chi connectivity index (χ3n) is 3.59. The van der Waals surface area contributed by atoms with Gasteiger partial charge < -0.3 is 15.2 Å². The Morgan fingerprint density at radius 2 is 2.04 bits per heavy atom. The number of ether oxygens (including phenoxy) is 1. The van der Waals surface area contributed by atoms with Gasteiger partial charge in [0.15, 0.2) is 0 Å². The SMILES string of the molecule is CCC[C@@H](C)NS(=O)(=O)c1ccc(NCCCOCC)c(C(=O)O)c1. The fraction of sp³-hybridized carbons (Fsp3) is 0.588. The van der Waals surface area contributed by atoms with Crippen molar-refractivity contribution in [1.29, 1.82) is 0 Å². The van der Waals surface area contributed by atoms with Crippen molar-refractivity contribution in [3.8, 4) is 0 Å². The van der Waals surface area contributed by atoms with E-state index in [2.05, 4.69) is 10.0 Å². The van der Waals surface area contributed by atoms with Gasteiger partial charge in [0.1, 0.15) is 0 Å². The zero-order valence-electron chi connectivity index (χ0n) is 15.0. The average molecular weight is 372 g/mol. The van der Waals surface area contributed by atoms with Gasteiger partial charge in [-0.2, -0.15) is 0 Å². The highest BCUT2D eigenvalue weighted by Crippen LogP contribution is 2.21. The molecule has 0 aliphatic carbocycles. The number of hydrogen-bond donors (Lipinski definition) is 3. The van der Waals surface area contributed by atoms with Crippen molar-refractivity contribution in [3.63, 3.8) is 0 Å². The number of carboxylic acids is 1. The molecule has 0 aromatic heterocycles. The van der Waals surface area contributed by atoms with Gasteiger partial charge >= 0.3 is 5.97 Å². The quantitative estimate of drug-likeness (QED) is 0.487. The summed E-state index contributed by atoms with van der Waals surface area (Å²) in [6.07, 6.45) is 2.29. The fourth-order valence-corrected chi connectivity index (χ4v) is 3.69. The topological polar surface area (TPSA) is 105 Å². The summed E-state index contributed by atoms with van der Waals surface area (Å²) in [5, 5.41) is 12.4. The molecule has 0 spiro atoms. The van der Waals surface area contributed by atoms with E-state index in [0.717, 1.165) is 12.8 Å². The molecule has 1 rings (SSSR count). The molecular formula is C17H28N2O5S. The van der Waals surface area contributed by atoms with Crippen molar-refractivity contribution >= 4 is 21.7 Å². The molecule has 0 unspecified atom stereocenters. The molecule has 0 saturated heterocycles. The highest BCUT2D eigenvalue weighted by molar-refractivity contribution is 7.89. The van der Waals surface area contributed by atoms with Gasteiger partial charge in [-0.15, -0.1) is 0 Å². The van der Waals surface area contributed by atoms with Gasteiger partial charge in [-0.05, 0) is 44.9 Å². The first-order chi connectivity index (χ1) is 11.8. The van der Waals surface area contributed by atoms with Crippen LogP contribution < -0.4 is 10.0 Å². The molecule has 3 N–H and O–H groups in total. The molecule has 1 aromatic rings. The largest absolute Gasteiger partial charge is 0.478 e. The minimum atomic E-state index is -3.75. The first-order valence-electron chi connectivity index (χ1n) is 8.53. The van der Waals surface area contributed by atoms with Crippen molar-refractivity contribution in [3.05, 3.63) is 23.8 Å².